The summed E-state index contributed by atoms with van der Waals surface area (Å²) in [6, 6.07) is 0.265. The third-order valence-electron chi connectivity index (χ3n) is 8.06. The lowest BCUT2D eigenvalue weighted by Crippen LogP contribution is -2.42. The first-order valence-electron chi connectivity index (χ1n) is 18.1. The predicted octanol–water partition coefficient (Wildman–Crippen LogP) is 5.90. The highest BCUT2D eigenvalue weighted by Gasteiger charge is 2.18. The number of hydrogen-bond acceptors (Lipinski definition) is 8. The molecule has 0 heterocycles. The average molecular weight is 646 g/mol. The zero-order valence-corrected chi connectivity index (χ0v) is 29.6. The van der Waals surface area contributed by atoms with E-state index in [-0.39, 0.29) is 11.9 Å². The van der Waals surface area contributed by atoms with Gasteiger partial charge >= 0.3 is 5.97 Å². The van der Waals surface area contributed by atoms with Crippen LogP contribution in [0.3, 0.4) is 0 Å². The largest absolute Gasteiger partial charge is 0.481 e. The summed E-state index contributed by atoms with van der Waals surface area (Å²) in [6.07, 6.45) is 18.8. The third-order valence-corrected chi connectivity index (χ3v) is 8.06. The van der Waals surface area contributed by atoms with E-state index in [1.807, 2.05) is 13.8 Å². The summed E-state index contributed by atoms with van der Waals surface area (Å²) in [5.41, 5.74) is -0.890. The number of nitrogens with one attached hydrogen (secondary N) is 2. The Bertz CT molecular complexity index is 682. The lowest BCUT2D eigenvalue weighted by molar-refractivity contribution is -0.137. The van der Waals surface area contributed by atoms with Crippen LogP contribution >= 0.6 is 0 Å². The van der Waals surface area contributed by atoms with Crippen LogP contribution in [0.5, 0.6) is 0 Å². The molecule has 2 atom stereocenters. The molecule has 1 amide bonds. The van der Waals surface area contributed by atoms with Gasteiger partial charge in [0.1, 0.15) is 5.72 Å². The van der Waals surface area contributed by atoms with Crippen LogP contribution in [0.25, 0.3) is 0 Å². The highest BCUT2D eigenvalue weighted by Crippen LogP contribution is 2.16. The molecule has 0 aromatic carbocycles. The lowest BCUT2D eigenvalue weighted by Gasteiger charge is -2.25. The Balaban J connectivity index is 3.55. The number of carboxylic acids is 1. The predicted molar refractivity (Wildman–Crippen MR) is 183 cm³/mol. The lowest BCUT2D eigenvalue weighted by atomic mass is 10.0. The van der Waals surface area contributed by atoms with Crippen molar-refractivity contribution in [2.45, 2.75) is 148 Å². The molecule has 10 nitrogen and oxygen atoms in total. The molecule has 0 aliphatic rings. The van der Waals surface area contributed by atoms with Crippen LogP contribution in [0.1, 0.15) is 136 Å². The molecule has 0 fully saturated rings. The smallest absolute Gasteiger partial charge is 0.303 e. The summed E-state index contributed by atoms with van der Waals surface area (Å²) in [5, 5.41) is 25.8. The van der Waals surface area contributed by atoms with Crippen molar-refractivity contribution in [1.82, 2.24) is 15.5 Å². The number of rotatable bonds is 35. The van der Waals surface area contributed by atoms with Gasteiger partial charge in [0.05, 0.1) is 33.0 Å². The number of aliphatic carboxylic acids is 1. The number of carbonyl (C=O) groups is 2. The molecule has 0 aliphatic carbocycles. The molecule has 0 saturated heterocycles. The first kappa shape index (κ1) is 43.7. The van der Waals surface area contributed by atoms with Crippen molar-refractivity contribution in [3.8, 4) is 0 Å². The maximum absolute atomic E-state index is 12.4. The van der Waals surface area contributed by atoms with Crippen molar-refractivity contribution >= 4 is 11.9 Å². The quantitative estimate of drug-likeness (QED) is 0.0492. The van der Waals surface area contributed by atoms with Crippen molar-refractivity contribution in [2.75, 3.05) is 66.3 Å². The van der Waals surface area contributed by atoms with Gasteiger partial charge in [0.15, 0.2) is 0 Å². The summed E-state index contributed by atoms with van der Waals surface area (Å²) in [7, 11) is 1.80. The molecule has 10 heteroatoms. The number of carbonyl (C=O) groups excluding carboxylic acids is 1. The van der Waals surface area contributed by atoms with Crippen LogP contribution in [-0.4, -0.2) is 105 Å². The fourth-order valence-electron chi connectivity index (χ4n) is 5.13. The second kappa shape index (κ2) is 31.3. The Labute approximate surface area is 275 Å². The first-order chi connectivity index (χ1) is 21.7. The van der Waals surface area contributed by atoms with Gasteiger partial charge in [-0.15, -0.1) is 0 Å². The molecule has 2 unspecified atom stereocenters. The van der Waals surface area contributed by atoms with Crippen LogP contribution in [-0.2, 0) is 23.8 Å². The molecule has 4 N–H and O–H groups in total. The normalized spacial score (nSPS) is 13.5. The minimum absolute atomic E-state index is 0.0909. The van der Waals surface area contributed by atoms with E-state index in [1.165, 1.54) is 57.8 Å². The van der Waals surface area contributed by atoms with Crippen LogP contribution in [0, 0.1) is 0 Å². The molecule has 0 aliphatic heterocycles. The van der Waals surface area contributed by atoms with Gasteiger partial charge < -0.3 is 34.6 Å². The number of likely N-dealkylation sites (N-methyl/N-ethyl adjacent to an activating group) is 1. The molecular weight excluding hydrogens is 574 g/mol. The highest BCUT2D eigenvalue weighted by atomic mass is 16.5. The SMILES string of the molecule is CCOCCNC(C)COCCOCCN(C)C(=O)CCCNC(C)(O)CCCCCCCCCCCCCCCCC(=O)O. The summed E-state index contributed by atoms with van der Waals surface area (Å²) in [5.74, 6) is -0.590. The van der Waals surface area contributed by atoms with Gasteiger partial charge in [-0.05, 0) is 53.0 Å². The van der Waals surface area contributed by atoms with E-state index in [4.69, 9.17) is 19.3 Å². The van der Waals surface area contributed by atoms with Gasteiger partial charge in [-0.25, -0.2) is 0 Å². The second-order valence-corrected chi connectivity index (χ2v) is 12.7. The van der Waals surface area contributed by atoms with E-state index >= 15 is 0 Å². The molecule has 0 spiro atoms. The van der Waals surface area contributed by atoms with Gasteiger partial charge in [0, 0.05) is 45.6 Å². The van der Waals surface area contributed by atoms with Crippen molar-refractivity contribution in [3.63, 3.8) is 0 Å². The van der Waals surface area contributed by atoms with Crippen molar-refractivity contribution in [2.24, 2.45) is 0 Å². The van der Waals surface area contributed by atoms with Gasteiger partial charge in [-0.1, -0.05) is 77.0 Å². The number of hydrogen-bond donors (Lipinski definition) is 4. The number of ether oxygens (including phenoxy) is 3. The number of aliphatic hydroxyl groups is 1. The topological polar surface area (TPSA) is 130 Å². The minimum atomic E-state index is -0.890. The summed E-state index contributed by atoms with van der Waals surface area (Å²) >= 11 is 0. The zero-order chi connectivity index (χ0) is 33.4. The molecule has 0 bridgehead atoms. The second-order valence-electron chi connectivity index (χ2n) is 12.7. The summed E-state index contributed by atoms with van der Waals surface area (Å²) in [4.78, 5) is 24.6. The van der Waals surface area contributed by atoms with Gasteiger partial charge in [-0.3, -0.25) is 14.9 Å². The van der Waals surface area contributed by atoms with E-state index < -0.39 is 11.7 Å². The minimum Gasteiger partial charge on any atom is -0.481 e. The number of carboxylic acid groups (broad SMARTS) is 1. The Kier molecular flexibility index (Phi) is 30.4. The van der Waals surface area contributed by atoms with E-state index in [0.29, 0.717) is 65.4 Å². The van der Waals surface area contributed by atoms with Crippen LogP contribution in [0.15, 0.2) is 0 Å². The molecular formula is C35H71N3O7. The van der Waals surface area contributed by atoms with Crippen LogP contribution in [0.4, 0.5) is 0 Å². The fraction of sp³-hybridized carbons (Fsp3) is 0.943. The maximum atomic E-state index is 12.4. The molecule has 0 aromatic rings. The van der Waals surface area contributed by atoms with Crippen LogP contribution < -0.4 is 10.6 Å². The van der Waals surface area contributed by atoms with E-state index in [0.717, 1.165) is 51.7 Å². The molecule has 0 aromatic heterocycles. The van der Waals surface area contributed by atoms with Gasteiger partial charge in [0.2, 0.25) is 5.91 Å². The van der Waals surface area contributed by atoms with E-state index in [1.54, 1.807) is 11.9 Å². The van der Waals surface area contributed by atoms with Crippen molar-refractivity contribution < 1.29 is 34.0 Å². The Morgan fingerprint density at radius 3 is 1.87 bits per heavy atom. The van der Waals surface area contributed by atoms with Crippen LogP contribution in [0.2, 0.25) is 0 Å². The van der Waals surface area contributed by atoms with E-state index in [2.05, 4.69) is 17.6 Å². The third kappa shape index (κ3) is 32.4. The van der Waals surface area contributed by atoms with E-state index in [9.17, 15) is 14.7 Å². The Hall–Kier alpha value is -1.30. The molecule has 268 valence electrons. The summed E-state index contributed by atoms with van der Waals surface area (Å²) in [6.45, 7) is 11.5. The van der Waals surface area contributed by atoms with Crippen molar-refractivity contribution in [1.29, 1.82) is 0 Å². The fourth-order valence-corrected chi connectivity index (χ4v) is 5.13. The van der Waals surface area contributed by atoms with Gasteiger partial charge in [-0.2, -0.15) is 0 Å². The molecule has 0 saturated carbocycles. The standard InChI is InChI=1S/C35H71N3O7/c1-5-43-27-25-36-32(2)31-45-30-29-44-28-26-38(4)33(39)21-20-24-37-35(3,42)23-19-17-15-13-11-9-7-6-8-10-12-14-16-18-22-34(40)41/h32,36-37,42H,5-31H2,1-4H3,(H,40,41). The number of unbranched alkanes of at least 4 members (excludes halogenated alkanes) is 13. The maximum Gasteiger partial charge on any atom is 0.303 e. The molecule has 0 radical (unpaired) electrons. The summed E-state index contributed by atoms with van der Waals surface area (Å²) < 4.78 is 16.6. The average Bonchev–Trinajstić information content (AvgIpc) is 3.00. The number of nitrogens with zero attached hydrogens (tertiary/aromatic N) is 1. The zero-order valence-electron chi connectivity index (χ0n) is 29.6. The van der Waals surface area contributed by atoms with Gasteiger partial charge in [0.25, 0.3) is 0 Å². The molecule has 0 rings (SSSR count). The van der Waals surface area contributed by atoms with Crippen molar-refractivity contribution in [3.05, 3.63) is 0 Å². The number of amides is 1. The highest BCUT2D eigenvalue weighted by molar-refractivity contribution is 5.75. The first-order valence-corrected chi connectivity index (χ1v) is 18.1. The Morgan fingerprint density at radius 1 is 0.733 bits per heavy atom. The molecule has 45 heavy (non-hydrogen) atoms. The monoisotopic (exact) mass is 646 g/mol. The Morgan fingerprint density at radius 2 is 1.29 bits per heavy atom.